The van der Waals surface area contributed by atoms with Gasteiger partial charge in [0.15, 0.2) is 0 Å². The Morgan fingerprint density at radius 1 is 1.26 bits per heavy atom. The van der Waals surface area contributed by atoms with E-state index in [0.29, 0.717) is 13.1 Å². The van der Waals surface area contributed by atoms with Gasteiger partial charge in [0.25, 0.3) is 0 Å². The van der Waals surface area contributed by atoms with Crippen LogP contribution in [0.3, 0.4) is 0 Å². The molecule has 1 aromatic heterocycles. The highest BCUT2D eigenvalue weighted by molar-refractivity contribution is 5.48. The lowest BCUT2D eigenvalue weighted by atomic mass is 10.2. The fourth-order valence-electron chi connectivity index (χ4n) is 1.63. The number of nitriles is 1. The van der Waals surface area contributed by atoms with E-state index in [1.54, 1.807) is 4.90 Å². The average Bonchev–Trinajstić information content (AvgIpc) is 2.47. The number of rotatable bonds is 5. The second-order valence-corrected chi connectivity index (χ2v) is 4.11. The first-order valence-corrected chi connectivity index (χ1v) is 5.97. The van der Waals surface area contributed by atoms with Crippen LogP contribution in [-0.4, -0.2) is 23.6 Å². The Kier molecular flexibility index (Phi) is 4.29. The Balaban J connectivity index is 2.01. The fraction of sp³-hybridized carbons (Fsp3) is 0.214. The lowest BCUT2D eigenvalue weighted by Crippen LogP contribution is -2.18. The Labute approximate surface area is 112 Å². The Morgan fingerprint density at radius 2 is 2.05 bits per heavy atom. The molecule has 0 saturated carbocycles. The number of nitrogens with one attached hydrogen (secondary N) is 1. The monoisotopic (exact) mass is 253 g/mol. The smallest absolute Gasteiger partial charge is 0.134 e. The molecule has 96 valence electrons. The summed E-state index contributed by atoms with van der Waals surface area (Å²) in [6, 6.07) is 14.0. The van der Waals surface area contributed by atoms with E-state index < -0.39 is 0 Å². The van der Waals surface area contributed by atoms with Crippen LogP contribution < -0.4 is 10.2 Å². The van der Waals surface area contributed by atoms with Gasteiger partial charge in [0.1, 0.15) is 24.5 Å². The maximum absolute atomic E-state index is 8.67. The minimum atomic E-state index is 0.301. The summed E-state index contributed by atoms with van der Waals surface area (Å²) in [5.74, 6) is 1.48. The molecule has 19 heavy (non-hydrogen) atoms. The number of hydrogen-bond donors (Lipinski definition) is 1. The number of aromatic nitrogens is 2. The van der Waals surface area contributed by atoms with Crippen molar-refractivity contribution >= 4 is 11.6 Å². The van der Waals surface area contributed by atoms with E-state index in [1.807, 2.05) is 31.3 Å². The first-order valence-electron chi connectivity index (χ1n) is 5.97. The van der Waals surface area contributed by atoms with E-state index in [0.717, 1.165) is 11.6 Å². The summed E-state index contributed by atoms with van der Waals surface area (Å²) in [5, 5.41) is 11.9. The average molecular weight is 253 g/mol. The molecule has 0 aliphatic carbocycles. The SMILES string of the molecule is CN(CC#N)c1cc(NCc2ccccc2)ncn1. The second kappa shape index (κ2) is 6.36. The summed E-state index contributed by atoms with van der Waals surface area (Å²) in [6.45, 7) is 1.01. The number of benzene rings is 1. The molecular weight excluding hydrogens is 238 g/mol. The minimum Gasteiger partial charge on any atom is -0.366 e. The van der Waals surface area contributed by atoms with Crippen molar-refractivity contribution in [2.75, 3.05) is 23.8 Å². The number of hydrogen-bond acceptors (Lipinski definition) is 5. The van der Waals surface area contributed by atoms with Crippen LogP contribution in [-0.2, 0) is 6.54 Å². The Morgan fingerprint density at radius 3 is 2.79 bits per heavy atom. The topological polar surface area (TPSA) is 64.8 Å². The van der Waals surface area contributed by atoms with Gasteiger partial charge in [0, 0.05) is 19.7 Å². The molecule has 0 amide bonds. The number of nitrogens with zero attached hydrogens (tertiary/aromatic N) is 4. The van der Waals surface area contributed by atoms with Crippen molar-refractivity contribution in [1.82, 2.24) is 9.97 Å². The molecule has 0 saturated heterocycles. The quantitative estimate of drug-likeness (QED) is 0.826. The van der Waals surface area contributed by atoms with Crippen LogP contribution in [0.5, 0.6) is 0 Å². The summed E-state index contributed by atoms with van der Waals surface area (Å²) < 4.78 is 0. The molecule has 2 rings (SSSR count). The molecule has 5 nitrogen and oxygen atoms in total. The lowest BCUT2D eigenvalue weighted by Gasteiger charge is -2.14. The van der Waals surface area contributed by atoms with Crippen LogP contribution in [0.1, 0.15) is 5.56 Å². The van der Waals surface area contributed by atoms with E-state index in [4.69, 9.17) is 5.26 Å². The Hall–Kier alpha value is -2.61. The highest BCUT2D eigenvalue weighted by Gasteiger charge is 2.03. The maximum atomic E-state index is 8.67. The highest BCUT2D eigenvalue weighted by atomic mass is 15.2. The molecule has 0 aliphatic heterocycles. The van der Waals surface area contributed by atoms with E-state index in [-0.39, 0.29) is 0 Å². The molecule has 2 aromatic rings. The van der Waals surface area contributed by atoms with E-state index in [1.165, 1.54) is 11.9 Å². The van der Waals surface area contributed by atoms with Gasteiger partial charge in [-0.15, -0.1) is 0 Å². The zero-order valence-corrected chi connectivity index (χ0v) is 10.7. The molecule has 0 fully saturated rings. The minimum absolute atomic E-state index is 0.301. The molecule has 0 spiro atoms. The van der Waals surface area contributed by atoms with Gasteiger partial charge in [0.05, 0.1) is 6.07 Å². The van der Waals surface area contributed by atoms with Crippen molar-refractivity contribution in [2.45, 2.75) is 6.54 Å². The zero-order chi connectivity index (χ0) is 13.5. The molecule has 1 heterocycles. The first kappa shape index (κ1) is 12.8. The molecule has 0 bridgehead atoms. The molecule has 0 aliphatic rings. The van der Waals surface area contributed by atoms with Gasteiger partial charge in [-0.3, -0.25) is 0 Å². The normalized spacial score (nSPS) is 9.68. The van der Waals surface area contributed by atoms with Gasteiger partial charge in [-0.2, -0.15) is 5.26 Å². The van der Waals surface area contributed by atoms with Gasteiger partial charge in [0.2, 0.25) is 0 Å². The lowest BCUT2D eigenvalue weighted by molar-refractivity contribution is 0.974. The summed E-state index contributed by atoms with van der Waals surface area (Å²) >= 11 is 0. The third-order valence-corrected chi connectivity index (χ3v) is 2.67. The van der Waals surface area contributed by atoms with Crippen LogP contribution in [0, 0.1) is 11.3 Å². The van der Waals surface area contributed by atoms with Crippen molar-refractivity contribution in [3.63, 3.8) is 0 Å². The van der Waals surface area contributed by atoms with Crippen molar-refractivity contribution in [3.8, 4) is 6.07 Å². The van der Waals surface area contributed by atoms with Crippen LogP contribution in [0.4, 0.5) is 11.6 Å². The van der Waals surface area contributed by atoms with E-state index >= 15 is 0 Å². The van der Waals surface area contributed by atoms with Gasteiger partial charge in [-0.1, -0.05) is 30.3 Å². The van der Waals surface area contributed by atoms with Gasteiger partial charge < -0.3 is 10.2 Å². The predicted octanol–water partition coefficient (Wildman–Crippen LogP) is 2.05. The largest absolute Gasteiger partial charge is 0.366 e. The Bertz CT molecular complexity index is 562. The summed E-state index contributed by atoms with van der Waals surface area (Å²) in [7, 11) is 1.83. The molecule has 1 aromatic carbocycles. The standard InChI is InChI=1S/C14H15N5/c1-19(8-7-15)14-9-13(17-11-18-14)16-10-12-5-3-2-4-6-12/h2-6,9,11H,8,10H2,1H3,(H,16,17,18). The van der Waals surface area contributed by atoms with E-state index in [2.05, 4.69) is 33.5 Å². The van der Waals surface area contributed by atoms with Crippen molar-refractivity contribution < 1.29 is 0 Å². The maximum Gasteiger partial charge on any atom is 0.134 e. The second-order valence-electron chi connectivity index (χ2n) is 4.11. The molecule has 0 radical (unpaired) electrons. The van der Waals surface area contributed by atoms with Gasteiger partial charge in [-0.05, 0) is 5.56 Å². The van der Waals surface area contributed by atoms with Crippen LogP contribution in [0.15, 0.2) is 42.7 Å². The predicted molar refractivity (Wildman–Crippen MR) is 74.7 cm³/mol. The van der Waals surface area contributed by atoms with Gasteiger partial charge in [-0.25, -0.2) is 9.97 Å². The van der Waals surface area contributed by atoms with Crippen LogP contribution in [0.2, 0.25) is 0 Å². The molecule has 0 atom stereocenters. The third kappa shape index (κ3) is 3.68. The highest BCUT2D eigenvalue weighted by Crippen LogP contribution is 2.13. The molecule has 5 heteroatoms. The summed E-state index contributed by atoms with van der Waals surface area (Å²) in [6.07, 6.45) is 1.50. The van der Waals surface area contributed by atoms with Crippen molar-refractivity contribution in [3.05, 3.63) is 48.3 Å². The van der Waals surface area contributed by atoms with Crippen molar-refractivity contribution in [1.29, 1.82) is 5.26 Å². The van der Waals surface area contributed by atoms with E-state index in [9.17, 15) is 0 Å². The fourth-order valence-corrected chi connectivity index (χ4v) is 1.63. The van der Waals surface area contributed by atoms with Crippen molar-refractivity contribution in [2.24, 2.45) is 0 Å². The van der Waals surface area contributed by atoms with Crippen LogP contribution in [0.25, 0.3) is 0 Å². The first-order chi connectivity index (χ1) is 9.29. The molecular formula is C14H15N5. The van der Waals surface area contributed by atoms with Crippen LogP contribution >= 0.6 is 0 Å². The molecule has 1 N–H and O–H groups in total. The zero-order valence-electron chi connectivity index (χ0n) is 10.7. The third-order valence-electron chi connectivity index (χ3n) is 2.67. The number of anilines is 2. The molecule has 0 unspecified atom stereocenters. The summed E-state index contributed by atoms with van der Waals surface area (Å²) in [5.41, 5.74) is 1.19. The van der Waals surface area contributed by atoms with Gasteiger partial charge >= 0.3 is 0 Å². The summed E-state index contributed by atoms with van der Waals surface area (Å²) in [4.78, 5) is 10.1.